The third kappa shape index (κ3) is 5.37. The zero-order chi connectivity index (χ0) is 25.4. The highest BCUT2D eigenvalue weighted by Crippen LogP contribution is 2.40. The molecule has 0 saturated heterocycles. The van der Waals surface area contributed by atoms with Crippen molar-refractivity contribution in [3.05, 3.63) is 91.5 Å². The standard InChI is InChI=1S/C25H13Br2Cl2N3O2S2/c26-12-9-15(24-30-18-3-1-2-4-21(18)36-24)22(16(27)10-12)31-25(35)32-23(33)20-8-7-19(34-20)14-11-13(28)5-6-17(14)29/h1-11H,(H2,31,32,33,35). The number of para-hydroxylation sites is 1. The normalized spacial score (nSPS) is 11.0. The summed E-state index contributed by atoms with van der Waals surface area (Å²) in [6.45, 7) is 0. The first-order valence-electron chi connectivity index (χ1n) is 10.3. The number of fused-ring (bicyclic) bond motifs is 1. The number of benzene rings is 3. The number of anilines is 1. The zero-order valence-corrected chi connectivity index (χ0v) is 24.3. The quantitative estimate of drug-likeness (QED) is 0.185. The number of rotatable bonds is 4. The van der Waals surface area contributed by atoms with Gasteiger partial charge in [0.25, 0.3) is 5.91 Å². The van der Waals surface area contributed by atoms with Crippen molar-refractivity contribution < 1.29 is 9.21 Å². The summed E-state index contributed by atoms with van der Waals surface area (Å²) in [6, 6.07) is 20.0. The van der Waals surface area contributed by atoms with Crippen LogP contribution in [0, 0.1) is 0 Å². The van der Waals surface area contributed by atoms with Crippen LogP contribution in [0.2, 0.25) is 10.0 Å². The molecular formula is C25H13Br2Cl2N3O2S2. The molecule has 0 aliphatic heterocycles. The Morgan fingerprint density at radius 2 is 1.81 bits per heavy atom. The third-order valence-corrected chi connectivity index (χ3v) is 7.99. The molecular weight excluding hydrogens is 669 g/mol. The summed E-state index contributed by atoms with van der Waals surface area (Å²) in [6.07, 6.45) is 0. The van der Waals surface area contributed by atoms with E-state index in [4.69, 9.17) is 44.8 Å². The number of thiazole rings is 1. The molecule has 2 heterocycles. The van der Waals surface area contributed by atoms with Gasteiger partial charge in [0.15, 0.2) is 10.9 Å². The molecule has 36 heavy (non-hydrogen) atoms. The number of halogens is 4. The Morgan fingerprint density at radius 1 is 1.00 bits per heavy atom. The fourth-order valence-electron chi connectivity index (χ4n) is 3.46. The molecule has 0 spiro atoms. The molecule has 3 aromatic carbocycles. The number of aromatic nitrogens is 1. The van der Waals surface area contributed by atoms with Gasteiger partial charge in [0.05, 0.1) is 20.9 Å². The first kappa shape index (κ1) is 25.4. The van der Waals surface area contributed by atoms with Crippen LogP contribution in [0.15, 0.2) is 80.1 Å². The molecule has 5 nitrogen and oxygen atoms in total. The van der Waals surface area contributed by atoms with Crippen molar-refractivity contribution in [1.82, 2.24) is 10.3 Å². The molecule has 5 rings (SSSR count). The van der Waals surface area contributed by atoms with Gasteiger partial charge in [-0.25, -0.2) is 4.98 Å². The van der Waals surface area contributed by atoms with Crippen LogP contribution in [0.25, 0.3) is 32.1 Å². The van der Waals surface area contributed by atoms with E-state index < -0.39 is 5.91 Å². The Bertz CT molecular complexity index is 1620. The monoisotopic (exact) mass is 679 g/mol. The lowest BCUT2D eigenvalue weighted by Crippen LogP contribution is -2.34. The van der Waals surface area contributed by atoms with E-state index in [0.717, 1.165) is 29.7 Å². The summed E-state index contributed by atoms with van der Waals surface area (Å²) in [5, 5.41) is 7.66. The van der Waals surface area contributed by atoms with Gasteiger partial charge in [0.2, 0.25) is 0 Å². The van der Waals surface area contributed by atoms with Gasteiger partial charge >= 0.3 is 0 Å². The number of hydrogen-bond acceptors (Lipinski definition) is 5. The summed E-state index contributed by atoms with van der Waals surface area (Å²) in [4.78, 5) is 17.6. The van der Waals surface area contributed by atoms with Crippen molar-refractivity contribution >= 4 is 106 Å². The highest BCUT2D eigenvalue weighted by atomic mass is 79.9. The number of carbonyl (C=O) groups is 1. The second-order valence-electron chi connectivity index (χ2n) is 7.49. The first-order chi connectivity index (χ1) is 17.3. The largest absolute Gasteiger partial charge is 0.451 e. The average Bonchev–Trinajstić information content (AvgIpc) is 3.50. The van der Waals surface area contributed by atoms with E-state index in [2.05, 4.69) is 42.5 Å². The van der Waals surface area contributed by atoms with E-state index in [9.17, 15) is 4.79 Å². The lowest BCUT2D eigenvalue weighted by atomic mass is 10.2. The third-order valence-electron chi connectivity index (χ3n) is 5.07. The van der Waals surface area contributed by atoms with Gasteiger partial charge in [-0.05, 0) is 82.7 Å². The molecule has 0 radical (unpaired) electrons. The van der Waals surface area contributed by atoms with Gasteiger partial charge in [-0.15, -0.1) is 11.3 Å². The van der Waals surface area contributed by atoms with Gasteiger partial charge in [-0.2, -0.15) is 0 Å². The molecule has 0 fully saturated rings. The van der Waals surface area contributed by atoms with Gasteiger partial charge in [0, 0.05) is 25.1 Å². The molecule has 2 N–H and O–H groups in total. The number of thiocarbonyl (C=S) groups is 1. The number of furan rings is 1. The smallest absolute Gasteiger partial charge is 0.293 e. The second kappa shape index (κ2) is 10.6. The molecule has 0 aliphatic carbocycles. The van der Waals surface area contributed by atoms with E-state index in [0.29, 0.717) is 27.1 Å². The molecule has 0 atom stereocenters. The maximum Gasteiger partial charge on any atom is 0.293 e. The van der Waals surface area contributed by atoms with Gasteiger partial charge < -0.3 is 9.73 Å². The number of carbonyl (C=O) groups excluding carboxylic acids is 1. The summed E-state index contributed by atoms with van der Waals surface area (Å²) in [5.41, 5.74) is 2.99. The van der Waals surface area contributed by atoms with Gasteiger partial charge in [-0.3, -0.25) is 10.1 Å². The predicted octanol–water partition coefficient (Wildman–Crippen LogP) is 9.18. The Kier molecular flexibility index (Phi) is 7.48. The van der Waals surface area contributed by atoms with Crippen molar-refractivity contribution in [3.63, 3.8) is 0 Å². The fraction of sp³-hybridized carbons (Fsp3) is 0. The Hall–Kier alpha value is -2.27. The second-order valence-corrected chi connectivity index (χ2v) is 11.5. The van der Waals surface area contributed by atoms with Crippen LogP contribution >= 0.6 is 78.6 Å². The molecule has 0 saturated carbocycles. The molecule has 180 valence electrons. The SMILES string of the molecule is O=C(NC(=S)Nc1c(Br)cc(Br)cc1-c1nc2ccccc2s1)c1ccc(-c2cc(Cl)ccc2Cl)o1. The first-order valence-corrected chi connectivity index (χ1v) is 13.9. The Balaban J connectivity index is 1.37. The zero-order valence-electron chi connectivity index (χ0n) is 17.9. The maximum absolute atomic E-state index is 12.8. The van der Waals surface area contributed by atoms with E-state index in [-0.39, 0.29) is 10.9 Å². The minimum Gasteiger partial charge on any atom is -0.451 e. The van der Waals surface area contributed by atoms with Crippen LogP contribution in [-0.4, -0.2) is 16.0 Å². The summed E-state index contributed by atoms with van der Waals surface area (Å²) in [7, 11) is 0. The minimum absolute atomic E-state index is 0.0754. The number of nitrogens with one attached hydrogen (secondary N) is 2. The minimum atomic E-state index is -0.508. The summed E-state index contributed by atoms with van der Waals surface area (Å²) >= 11 is 26.5. The van der Waals surface area contributed by atoms with Crippen molar-refractivity contribution in [2.75, 3.05) is 5.32 Å². The highest BCUT2D eigenvalue weighted by molar-refractivity contribution is 9.11. The molecule has 1 amide bonds. The van der Waals surface area contributed by atoms with Crippen LogP contribution in [0.1, 0.15) is 10.6 Å². The van der Waals surface area contributed by atoms with E-state index in [1.165, 1.54) is 0 Å². The average molecular weight is 682 g/mol. The Labute approximate surface area is 242 Å². The summed E-state index contributed by atoms with van der Waals surface area (Å²) in [5.74, 6) is -0.0153. The molecule has 0 unspecified atom stereocenters. The lowest BCUT2D eigenvalue weighted by molar-refractivity contribution is 0.0951. The van der Waals surface area contributed by atoms with E-state index >= 15 is 0 Å². The lowest BCUT2D eigenvalue weighted by Gasteiger charge is -2.14. The molecule has 5 aromatic rings. The van der Waals surface area contributed by atoms with Crippen LogP contribution in [-0.2, 0) is 0 Å². The maximum atomic E-state index is 12.8. The van der Waals surface area contributed by atoms with E-state index in [1.54, 1.807) is 41.7 Å². The molecule has 0 bridgehead atoms. The van der Waals surface area contributed by atoms with Crippen LogP contribution in [0.3, 0.4) is 0 Å². The Morgan fingerprint density at radius 3 is 2.61 bits per heavy atom. The highest BCUT2D eigenvalue weighted by Gasteiger charge is 2.19. The van der Waals surface area contributed by atoms with Crippen LogP contribution < -0.4 is 10.6 Å². The molecule has 11 heteroatoms. The van der Waals surface area contributed by atoms with Gasteiger partial charge in [0.1, 0.15) is 10.8 Å². The van der Waals surface area contributed by atoms with E-state index in [1.807, 2.05) is 36.4 Å². The fourth-order valence-corrected chi connectivity index (χ4v) is 6.35. The van der Waals surface area contributed by atoms with Crippen LogP contribution in [0.5, 0.6) is 0 Å². The van der Waals surface area contributed by atoms with Crippen molar-refractivity contribution in [3.8, 4) is 21.9 Å². The van der Waals surface area contributed by atoms with Gasteiger partial charge in [-0.1, -0.05) is 51.3 Å². The van der Waals surface area contributed by atoms with Crippen molar-refractivity contribution in [1.29, 1.82) is 0 Å². The topological polar surface area (TPSA) is 67.2 Å². The summed E-state index contributed by atoms with van der Waals surface area (Å²) < 4.78 is 8.40. The number of hydrogen-bond donors (Lipinski definition) is 2. The van der Waals surface area contributed by atoms with Crippen LogP contribution in [0.4, 0.5) is 5.69 Å². The molecule has 2 aromatic heterocycles. The van der Waals surface area contributed by atoms with Crippen molar-refractivity contribution in [2.45, 2.75) is 0 Å². The van der Waals surface area contributed by atoms with Crippen molar-refractivity contribution in [2.24, 2.45) is 0 Å². The number of nitrogens with zero attached hydrogens (tertiary/aromatic N) is 1. The number of amides is 1. The predicted molar refractivity (Wildman–Crippen MR) is 158 cm³/mol. The molecule has 0 aliphatic rings.